The van der Waals surface area contributed by atoms with Gasteiger partial charge in [0.2, 0.25) is 0 Å². The minimum Gasteiger partial charge on any atom is -0.288 e. The molecule has 1 aromatic heterocycles. The summed E-state index contributed by atoms with van der Waals surface area (Å²) in [5, 5.41) is 8.23. The predicted molar refractivity (Wildman–Crippen MR) is 37.1 cm³/mol. The molecule has 0 aromatic carbocycles. The molecule has 4 heteroatoms. The van der Waals surface area contributed by atoms with Gasteiger partial charge in [-0.15, -0.1) is 0 Å². The second kappa shape index (κ2) is 3.12. The van der Waals surface area contributed by atoms with Crippen LogP contribution in [-0.2, 0) is 0 Å². The van der Waals surface area contributed by atoms with Crippen LogP contribution in [0, 0.1) is 13.1 Å². The number of hydroxylamine groups is 1. The fraction of sp³-hybridized carbons (Fsp3) is 0.143. The van der Waals surface area contributed by atoms with E-state index in [0.29, 0.717) is 0 Å². The molecule has 0 atom stereocenters. The molecule has 1 radical (unpaired) electrons. The summed E-state index contributed by atoms with van der Waals surface area (Å²) in [7, 11) is 0. The topological polar surface area (TPSA) is 62.2 Å². The lowest BCUT2D eigenvalue weighted by molar-refractivity contribution is 0.0705. The van der Waals surface area contributed by atoms with E-state index in [2.05, 4.69) is 11.2 Å². The third kappa shape index (κ3) is 1.75. The van der Waals surface area contributed by atoms with Crippen LogP contribution in [0.2, 0.25) is 0 Å². The Labute approximate surface area is 63.8 Å². The number of hydrogen-bond donors (Lipinski definition) is 2. The van der Waals surface area contributed by atoms with E-state index in [-0.39, 0.29) is 5.56 Å². The Balaban J connectivity index is 2.96. The quantitative estimate of drug-likeness (QED) is 0.448. The molecule has 0 saturated heterocycles. The molecule has 11 heavy (non-hydrogen) atoms. The molecule has 0 fully saturated rings. The first-order valence-electron chi connectivity index (χ1n) is 3.03. The molecule has 1 rings (SSSR count). The highest BCUT2D eigenvalue weighted by Crippen LogP contribution is 1.98. The third-order valence-corrected chi connectivity index (χ3v) is 1.17. The standard InChI is InChI=1S/C7H7N2O2/c1-5-2-6(4-8-3-5)7(10)9-11/h2-3,11H,1H3,(H,9,10). The molecule has 0 spiro atoms. The molecule has 0 aliphatic carbocycles. The number of nitrogens with zero attached hydrogens (tertiary/aromatic N) is 1. The van der Waals surface area contributed by atoms with Crippen molar-refractivity contribution in [2.75, 3.05) is 0 Å². The molecule has 0 saturated carbocycles. The SMILES string of the molecule is Cc1cn[c]c(C(=O)NO)c1. The van der Waals surface area contributed by atoms with Crippen molar-refractivity contribution < 1.29 is 10.0 Å². The Morgan fingerprint density at radius 2 is 2.55 bits per heavy atom. The summed E-state index contributed by atoms with van der Waals surface area (Å²) in [5.41, 5.74) is 2.58. The molecular weight excluding hydrogens is 144 g/mol. The summed E-state index contributed by atoms with van der Waals surface area (Å²) < 4.78 is 0. The van der Waals surface area contributed by atoms with Gasteiger partial charge in [0.1, 0.15) is 6.20 Å². The molecule has 1 aromatic rings. The molecule has 2 N–H and O–H groups in total. The molecule has 0 bridgehead atoms. The van der Waals surface area contributed by atoms with E-state index in [0.717, 1.165) is 5.56 Å². The maximum absolute atomic E-state index is 10.7. The smallest absolute Gasteiger partial charge is 0.276 e. The first-order chi connectivity index (χ1) is 5.24. The van der Waals surface area contributed by atoms with Crippen LogP contribution in [0.4, 0.5) is 0 Å². The van der Waals surface area contributed by atoms with Crippen molar-refractivity contribution >= 4 is 5.91 Å². The summed E-state index contributed by atoms with van der Waals surface area (Å²) in [5.74, 6) is -0.596. The van der Waals surface area contributed by atoms with Crippen LogP contribution < -0.4 is 5.48 Å². The monoisotopic (exact) mass is 151 g/mol. The number of amides is 1. The van der Waals surface area contributed by atoms with Gasteiger partial charge in [-0.25, -0.2) is 5.48 Å². The van der Waals surface area contributed by atoms with Crippen molar-refractivity contribution in [2.45, 2.75) is 6.92 Å². The van der Waals surface area contributed by atoms with Gasteiger partial charge in [0.25, 0.3) is 5.91 Å². The highest BCUT2D eigenvalue weighted by Gasteiger charge is 2.03. The maximum atomic E-state index is 10.7. The number of nitrogens with one attached hydrogen (secondary N) is 1. The zero-order chi connectivity index (χ0) is 8.27. The second-order valence-electron chi connectivity index (χ2n) is 2.11. The highest BCUT2D eigenvalue weighted by molar-refractivity contribution is 5.92. The number of hydrogen-bond acceptors (Lipinski definition) is 3. The average molecular weight is 151 g/mol. The van der Waals surface area contributed by atoms with Crippen molar-refractivity contribution in [3.05, 3.63) is 29.6 Å². The van der Waals surface area contributed by atoms with Crippen LogP contribution >= 0.6 is 0 Å². The predicted octanol–water partition coefficient (Wildman–Crippen LogP) is 0.309. The zero-order valence-electron chi connectivity index (χ0n) is 5.96. The van der Waals surface area contributed by atoms with Gasteiger partial charge in [-0.1, -0.05) is 0 Å². The molecule has 4 nitrogen and oxygen atoms in total. The van der Waals surface area contributed by atoms with E-state index < -0.39 is 5.91 Å². The van der Waals surface area contributed by atoms with Crippen LogP contribution in [-0.4, -0.2) is 16.1 Å². The van der Waals surface area contributed by atoms with Gasteiger partial charge in [0.05, 0.1) is 5.56 Å². The van der Waals surface area contributed by atoms with Crippen molar-refractivity contribution in [1.82, 2.24) is 10.5 Å². The number of rotatable bonds is 1. The van der Waals surface area contributed by atoms with Gasteiger partial charge < -0.3 is 0 Å². The van der Waals surface area contributed by atoms with Crippen molar-refractivity contribution in [1.29, 1.82) is 0 Å². The fourth-order valence-corrected chi connectivity index (χ4v) is 0.677. The first-order valence-corrected chi connectivity index (χ1v) is 3.03. The van der Waals surface area contributed by atoms with Crippen LogP contribution in [0.25, 0.3) is 0 Å². The van der Waals surface area contributed by atoms with Gasteiger partial charge in [0, 0.05) is 6.20 Å². The second-order valence-corrected chi connectivity index (χ2v) is 2.11. The Kier molecular flexibility index (Phi) is 2.18. The van der Waals surface area contributed by atoms with Gasteiger partial charge in [-0.2, -0.15) is 0 Å². The van der Waals surface area contributed by atoms with E-state index in [1.807, 2.05) is 0 Å². The van der Waals surface area contributed by atoms with Crippen molar-refractivity contribution in [3.8, 4) is 0 Å². The lowest BCUT2D eigenvalue weighted by atomic mass is 10.2. The number of pyridine rings is 1. The van der Waals surface area contributed by atoms with E-state index in [4.69, 9.17) is 5.21 Å². The first kappa shape index (κ1) is 7.68. The lowest BCUT2D eigenvalue weighted by Gasteiger charge is -1.96. The summed E-state index contributed by atoms with van der Waals surface area (Å²) in [6.07, 6.45) is 4.02. The van der Waals surface area contributed by atoms with E-state index in [1.165, 1.54) is 5.48 Å². The fourth-order valence-electron chi connectivity index (χ4n) is 0.677. The van der Waals surface area contributed by atoms with Gasteiger partial charge >= 0.3 is 0 Å². The summed E-state index contributed by atoms with van der Waals surface area (Å²) in [6.45, 7) is 1.80. The van der Waals surface area contributed by atoms with Crippen LogP contribution in [0.1, 0.15) is 15.9 Å². The van der Waals surface area contributed by atoms with Crippen molar-refractivity contribution in [3.63, 3.8) is 0 Å². The van der Waals surface area contributed by atoms with Crippen LogP contribution in [0.5, 0.6) is 0 Å². The maximum Gasteiger partial charge on any atom is 0.276 e. The van der Waals surface area contributed by atoms with Crippen LogP contribution in [0.15, 0.2) is 12.3 Å². The Morgan fingerprint density at radius 3 is 3.09 bits per heavy atom. The highest BCUT2D eigenvalue weighted by atomic mass is 16.5. The van der Waals surface area contributed by atoms with Crippen molar-refractivity contribution in [2.24, 2.45) is 0 Å². The largest absolute Gasteiger partial charge is 0.288 e. The normalized spacial score (nSPS) is 9.27. The molecular formula is C7H7N2O2. The Bertz CT molecular complexity index is 273. The summed E-state index contributed by atoms with van der Waals surface area (Å²) >= 11 is 0. The number of carbonyl (C=O) groups is 1. The molecule has 1 heterocycles. The van der Waals surface area contributed by atoms with E-state index in [1.54, 1.807) is 19.2 Å². The summed E-state index contributed by atoms with van der Waals surface area (Å²) in [6, 6.07) is 1.58. The lowest BCUT2D eigenvalue weighted by Crippen LogP contribution is -2.18. The summed E-state index contributed by atoms with van der Waals surface area (Å²) in [4.78, 5) is 14.4. The zero-order valence-corrected chi connectivity index (χ0v) is 5.96. The van der Waals surface area contributed by atoms with E-state index in [9.17, 15) is 4.79 Å². The molecule has 0 unspecified atom stereocenters. The third-order valence-electron chi connectivity index (χ3n) is 1.17. The molecule has 0 aliphatic rings. The Morgan fingerprint density at radius 1 is 1.82 bits per heavy atom. The molecule has 0 aliphatic heterocycles. The Hall–Kier alpha value is -1.42. The number of aryl methyl sites for hydroxylation is 1. The van der Waals surface area contributed by atoms with Gasteiger partial charge in [0.15, 0.2) is 0 Å². The number of aromatic nitrogens is 1. The molecule has 57 valence electrons. The van der Waals surface area contributed by atoms with E-state index >= 15 is 0 Å². The minimum absolute atomic E-state index is 0.229. The van der Waals surface area contributed by atoms with Gasteiger partial charge in [-0.3, -0.25) is 15.0 Å². The van der Waals surface area contributed by atoms with Gasteiger partial charge in [-0.05, 0) is 18.6 Å². The number of carbonyl (C=O) groups excluding carboxylic acids is 1. The average Bonchev–Trinajstić information content (AvgIpc) is 2.03. The minimum atomic E-state index is -0.596. The van der Waals surface area contributed by atoms with Crippen LogP contribution in [0.3, 0.4) is 0 Å². The molecule has 1 amide bonds.